The van der Waals surface area contributed by atoms with E-state index in [-0.39, 0.29) is 6.61 Å². The maximum absolute atomic E-state index is 12.6. The van der Waals surface area contributed by atoms with Gasteiger partial charge in [0.15, 0.2) is 0 Å². The van der Waals surface area contributed by atoms with Crippen LogP contribution in [0.25, 0.3) is 0 Å². The number of fused-ring (bicyclic) bond motifs is 1. The number of hydrogen-bond donors (Lipinski definition) is 1. The molecule has 12 nitrogen and oxygen atoms in total. The molecular weight excluding hydrogens is 462 g/mol. The van der Waals surface area contributed by atoms with Crippen molar-refractivity contribution in [1.82, 2.24) is 4.98 Å². The van der Waals surface area contributed by atoms with Gasteiger partial charge in [-0.05, 0) is 35.7 Å². The van der Waals surface area contributed by atoms with Crippen LogP contribution in [0.4, 0.5) is 0 Å². The Morgan fingerprint density at radius 1 is 1.21 bits per heavy atom. The third-order valence-electron chi connectivity index (χ3n) is 6.29. The van der Waals surface area contributed by atoms with Gasteiger partial charge < -0.3 is 19.5 Å². The molecule has 1 fully saturated rings. The minimum absolute atomic E-state index is 0.0714. The van der Waals surface area contributed by atoms with Crippen LogP contribution in [0.15, 0.2) is 30.5 Å². The molecule has 4 atom stereocenters. The SMILES string of the molecule is Cc1ncc2c(c1C1(C(=O)O)[C@H](CO[N+](=O)[O-])[C@@H]1CO[N+](=O)[O-])CO[C@H]2c1ccc(Cl)cc1. The van der Waals surface area contributed by atoms with Gasteiger partial charge in [0.25, 0.3) is 10.2 Å². The number of aryl methyl sites for hydroxylation is 1. The summed E-state index contributed by atoms with van der Waals surface area (Å²) in [7, 11) is 0. The number of carboxylic acid groups (broad SMARTS) is 1. The van der Waals surface area contributed by atoms with Crippen LogP contribution in [0.3, 0.4) is 0 Å². The molecule has 1 aliphatic carbocycles. The normalized spacial score (nSPS) is 25.2. The van der Waals surface area contributed by atoms with Crippen molar-refractivity contribution in [2.75, 3.05) is 13.2 Å². The lowest BCUT2D eigenvalue weighted by atomic mass is 9.84. The lowest BCUT2D eigenvalue weighted by Gasteiger charge is -2.20. The predicted octanol–water partition coefficient (Wildman–Crippen LogP) is 2.65. The molecule has 0 radical (unpaired) electrons. The molecule has 0 amide bonds. The van der Waals surface area contributed by atoms with Crippen LogP contribution < -0.4 is 0 Å². The Morgan fingerprint density at radius 3 is 2.30 bits per heavy atom. The van der Waals surface area contributed by atoms with Crippen LogP contribution in [-0.2, 0) is 31.2 Å². The molecule has 0 spiro atoms. The number of nitrogens with zero attached hydrogens (tertiary/aromatic N) is 3. The van der Waals surface area contributed by atoms with Crippen molar-refractivity contribution in [2.24, 2.45) is 11.8 Å². The lowest BCUT2D eigenvalue weighted by molar-refractivity contribution is -0.761. The van der Waals surface area contributed by atoms with E-state index in [2.05, 4.69) is 14.7 Å². The summed E-state index contributed by atoms with van der Waals surface area (Å²) in [5.41, 5.74) is 1.00. The molecule has 33 heavy (non-hydrogen) atoms. The van der Waals surface area contributed by atoms with Crippen LogP contribution >= 0.6 is 11.6 Å². The second kappa shape index (κ2) is 8.45. The van der Waals surface area contributed by atoms with Crippen LogP contribution in [0.1, 0.15) is 34.1 Å². The molecule has 4 rings (SSSR count). The number of aromatic nitrogens is 1. The number of halogens is 1. The fraction of sp³-hybridized carbons (Fsp3) is 0.400. The standard InChI is InChI=1S/C20H18ClN3O9/c1-10-17(14-7-31-18(13(14)6-22-10)11-2-4-12(21)5-3-11)20(19(25)26)15(8-32-23(27)28)16(20)9-33-24(29)30/h2-6,15-16,18H,7-9H2,1H3,(H,25,26)/t15-,16+,18-,20?/m0/s1. The lowest BCUT2D eigenvalue weighted by Crippen LogP contribution is -2.29. The average Bonchev–Trinajstić information content (AvgIpc) is 3.20. The third-order valence-corrected chi connectivity index (χ3v) is 6.54. The first-order valence-electron chi connectivity index (χ1n) is 9.81. The maximum atomic E-state index is 12.6. The highest BCUT2D eigenvalue weighted by Gasteiger charge is 2.72. The molecule has 1 unspecified atom stereocenters. The summed E-state index contributed by atoms with van der Waals surface area (Å²) in [5.74, 6) is -3.19. The maximum Gasteiger partial charge on any atom is 0.314 e. The summed E-state index contributed by atoms with van der Waals surface area (Å²) in [5, 5.41) is 30.3. The van der Waals surface area contributed by atoms with Crippen molar-refractivity contribution in [2.45, 2.75) is 25.0 Å². The molecule has 1 N–H and O–H groups in total. The van der Waals surface area contributed by atoms with E-state index in [9.17, 15) is 30.1 Å². The van der Waals surface area contributed by atoms with Gasteiger partial charge in [0.2, 0.25) is 0 Å². The predicted molar refractivity (Wildman–Crippen MR) is 109 cm³/mol. The molecular formula is C20H18ClN3O9. The van der Waals surface area contributed by atoms with Gasteiger partial charge in [-0.25, -0.2) is 0 Å². The number of hydrogen-bond acceptors (Lipinski definition) is 9. The van der Waals surface area contributed by atoms with Crippen LogP contribution in [0.5, 0.6) is 0 Å². The van der Waals surface area contributed by atoms with E-state index in [1.54, 1.807) is 37.4 Å². The fourth-order valence-corrected chi connectivity index (χ4v) is 5.01. The van der Waals surface area contributed by atoms with Gasteiger partial charge in [-0.2, -0.15) is 0 Å². The average molecular weight is 480 g/mol. The minimum Gasteiger partial charge on any atom is -0.481 e. The van der Waals surface area contributed by atoms with Crippen LogP contribution in [-0.4, -0.2) is 39.4 Å². The first kappa shape index (κ1) is 22.7. The monoisotopic (exact) mass is 479 g/mol. The highest BCUT2D eigenvalue weighted by Crippen LogP contribution is 2.62. The quantitative estimate of drug-likeness (QED) is 0.417. The zero-order valence-corrected chi connectivity index (χ0v) is 17.9. The highest BCUT2D eigenvalue weighted by molar-refractivity contribution is 6.30. The van der Waals surface area contributed by atoms with E-state index >= 15 is 0 Å². The van der Waals surface area contributed by atoms with Crippen molar-refractivity contribution >= 4 is 17.6 Å². The summed E-state index contributed by atoms with van der Waals surface area (Å²) < 4.78 is 5.96. The van der Waals surface area contributed by atoms with Crippen molar-refractivity contribution in [3.05, 3.63) is 83.7 Å². The molecule has 1 aliphatic heterocycles. The Labute approximate surface area is 191 Å². The van der Waals surface area contributed by atoms with E-state index in [4.69, 9.17) is 16.3 Å². The number of pyridine rings is 1. The Kier molecular flexibility index (Phi) is 5.80. The second-order valence-electron chi connectivity index (χ2n) is 7.82. The Hall–Kier alpha value is -3.51. The highest BCUT2D eigenvalue weighted by atomic mass is 35.5. The third kappa shape index (κ3) is 3.80. The van der Waals surface area contributed by atoms with Gasteiger partial charge in [-0.3, -0.25) is 9.78 Å². The van der Waals surface area contributed by atoms with Gasteiger partial charge >= 0.3 is 5.97 Å². The zero-order chi connectivity index (χ0) is 23.9. The molecule has 174 valence electrons. The summed E-state index contributed by atoms with van der Waals surface area (Å²) in [6, 6.07) is 6.98. The molecule has 0 bridgehead atoms. The van der Waals surface area contributed by atoms with Crippen molar-refractivity contribution in [1.29, 1.82) is 0 Å². The van der Waals surface area contributed by atoms with Gasteiger partial charge in [0.05, 0.1) is 6.61 Å². The Bertz CT molecular complexity index is 1100. The number of carboxylic acids is 1. The zero-order valence-electron chi connectivity index (χ0n) is 17.2. The summed E-state index contributed by atoms with van der Waals surface area (Å²) in [4.78, 5) is 47.4. The largest absolute Gasteiger partial charge is 0.481 e. The van der Waals surface area contributed by atoms with E-state index in [0.717, 1.165) is 5.56 Å². The molecule has 2 aliphatic rings. The van der Waals surface area contributed by atoms with Crippen LogP contribution in [0.2, 0.25) is 5.02 Å². The minimum atomic E-state index is -1.72. The summed E-state index contributed by atoms with van der Waals surface area (Å²) in [6.07, 6.45) is 1.08. The molecule has 1 aromatic carbocycles. The first-order chi connectivity index (χ1) is 15.7. The number of carbonyl (C=O) groups is 1. The van der Waals surface area contributed by atoms with Gasteiger partial charge in [-0.1, -0.05) is 23.7 Å². The van der Waals surface area contributed by atoms with E-state index in [1.807, 2.05) is 0 Å². The van der Waals surface area contributed by atoms with E-state index in [0.29, 0.717) is 27.4 Å². The van der Waals surface area contributed by atoms with E-state index in [1.165, 1.54) is 0 Å². The first-order valence-corrected chi connectivity index (χ1v) is 10.2. The molecule has 2 aromatic rings. The van der Waals surface area contributed by atoms with Gasteiger partial charge in [0.1, 0.15) is 24.7 Å². The van der Waals surface area contributed by atoms with Gasteiger partial charge in [-0.15, -0.1) is 20.2 Å². The molecule has 2 heterocycles. The second-order valence-corrected chi connectivity index (χ2v) is 8.26. The van der Waals surface area contributed by atoms with Crippen molar-refractivity contribution < 1.29 is 34.5 Å². The Balaban J connectivity index is 1.79. The molecule has 1 aromatic heterocycles. The van der Waals surface area contributed by atoms with Crippen molar-refractivity contribution in [3.8, 4) is 0 Å². The number of rotatable bonds is 9. The number of aliphatic carboxylic acids is 1. The molecule has 13 heteroatoms. The Morgan fingerprint density at radius 2 is 1.79 bits per heavy atom. The van der Waals surface area contributed by atoms with Crippen LogP contribution in [0, 0.1) is 39.0 Å². The smallest absolute Gasteiger partial charge is 0.314 e. The molecule has 1 saturated carbocycles. The summed E-state index contributed by atoms with van der Waals surface area (Å²) in [6.45, 7) is 0.568. The molecule has 0 saturated heterocycles. The number of benzene rings is 1. The van der Waals surface area contributed by atoms with Gasteiger partial charge in [0, 0.05) is 34.3 Å². The van der Waals surface area contributed by atoms with E-state index < -0.39 is 52.7 Å². The fourth-order valence-electron chi connectivity index (χ4n) is 4.88. The number of ether oxygens (including phenoxy) is 1. The summed E-state index contributed by atoms with van der Waals surface area (Å²) >= 11 is 5.97. The van der Waals surface area contributed by atoms with Crippen molar-refractivity contribution in [3.63, 3.8) is 0 Å². The topological polar surface area (TPSA) is 164 Å².